The Labute approximate surface area is 404 Å². The second-order valence-electron chi connectivity index (χ2n) is 18.9. The van der Waals surface area contributed by atoms with Crippen LogP contribution in [0.2, 0.25) is 0 Å². The molecule has 0 amide bonds. The van der Waals surface area contributed by atoms with E-state index in [0.29, 0.717) is 19.5 Å². The first kappa shape index (κ1) is 53.7. The molecule has 352 valence electrons. The van der Waals surface area contributed by atoms with Crippen molar-refractivity contribution >= 4 is 43.1 Å². The molecule has 1 aliphatic rings. The van der Waals surface area contributed by atoms with E-state index in [2.05, 4.69) is 139 Å². The standard InChI is InChI=1S/C57H80N3O.2ClH.Co/c1-7-8-9-10-11-12-13-14-15-16-17-18-19-20-21-22-23-32-42-61-56-50(47-34-26-24-27-35-47)43-49(44-51(56)48-36-28-25-29-37-48)58-45(2)53-40-33-41-54(60-53)46(3)59-55-39-31-30-38-52(55)57(4,5)6;;;/h24-31,34-39,43-44,53-54H,7-23,32-33,40-42H2,1-6H3;2*1H;/q-1;;;+3/p-2. The summed E-state index contributed by atoms with van der Waals surface area (Å²) in [7, 11) is 9.47. The van der Waals surface area contributed by atoms with Crippen molar-refractivity contribution in [2.45, 2.75) is 194 Å². The van der Waals surface area contributed by atoms with Crippen molar-refractivity contribution in [2.24, 2.45) is 9.98 Å². The van der Waals surface area contributed by atoms with Crippen LogP contribution in [-0.4, -0.2) is 30.1 Å². The van der Waals surface area contributed by atoms with Gasteiger partial charge in [-0.2, -0.15) is 0 Å². The fourth-order valence-corrected chi connectivity index (χ4v) is 8.93. The van der Waals surface area contributed by atoms with Gasteiger partial charge >= 0.3 is 33.2 Å². The van der Waals surface area contributed by atoms with E-state index in [-0.39, 0.29) is 17.5 Å². The molecule has 4 aromatic rings. The molecule has 4 aromatic carbocycles. The summed E-state index contributed by atoms with van der Waals surface area (Å²) in [5.74, 6) is 0.950. The van der Waals surface area contributed by atoms with E-state index in [9.17, 15) is 0 Å². The third kappa shape index (κ3) is 19.5. The van der Waals surface area contributed by atoms with Crippen molar-refractivity contribution in [3.05, 3.63) is 108 Å². The molecule has 0 saturated carbocycles. The van der Waals surface area contributed by atoms with Crippen molar-refractivity contribution in [1.82, 2.24) is 0 Å². The van der Waals surface area contributed by atoms with Crippen molar-refractivity contribution in [3.8, 4) is 28.0 Å². The van der Waals surface area contributed by atoms with Gasteiger partial charge in [0.25, 0.3) is 0 Å². The first-order valence-electron chi connectivity index (χ1n) is 24.8. The van der Waals surface area contributed by atoms with Crippen molar-refractivity contribution in [1.29, 1.82) is 0 Å². The van der Waals surface area contributed by atoms with Crippen molar-refractivity contribution < 1.29 is 17.6 Å². The van der Waals surface area contributed by atoms with E-state index in [0.717, 1.165) is 76.5 Å². The van der Waals surface area contributed by atoms with Crippen LogP contribution in [0.4, 0.5) is 11.4 Å². The molecule has 64 heavy (non-hydrogen) atoms. The molecule has 1 saturated heterocycles. The van der Waals surface area contributed by atoms with Crippen molar-refractivity contribution in [3.63, 3.8) is 0 Å². The van der Waals surface area contributed by atoms with Crippen LogP contribution < -0.4 is 4.74 Å². The van der Waals surface area contributed by atoms with Gasteiger partial charge in [-0.3, -0.25) is 9.98 Å². The summed E-state index contributed by atoms with van der Waals surface area (Å²) in [6, 6.07) is 34.5. The number of aliphatic imine (C=N–C) groups is 2. The zero-order chi connectivity index (χ0) is 45.8. The first-order valence-corrected chi connectivity index (χ1v) is 27.7. The Morgan fingerprint density at radius 2 is 1.00 bits per heavy atom. The molecule has 1 fully saturated rings. The normalized spacial score (nSPS) is 15.8. The number of rotatable bonds is 26. The number of nitrogens with zero attached hydrogens (tertiary/aromatic N) is 3. The number of ether oxygens (including phenoxy) is 1. The summed E-state index contributed by atoms with van der Waals surface area (Å²) in [4.78, 5) is 10.5. The number of piperidine rings is 1. The van der Waals surface area contributed by atoms with Gasteiger partial charge in [0.2, 0.25) is 0 Å². The summed E-state index contributed by atoms with van der Waals surface area (Å²) >= 11 is 0.382. The molecule has 0 aromatic heterocycles. The van der Waals surface area contributed by atoms with Crippen LogP contribution in [-0.2, 0) is 18.3 Å². The van der Waals surface area contributed by atoms with Crippen LogP contribution in [0.3, 0.4) is 0 Å². The molecular formula is C57H80Cl2CoN3O. The molecule has 2 atom stereocenters. The predicted molar refractivity (Wildman–Crippen MR) is 279 cm³/mol. The van der Waals surface area contributed by atoms with E-state index < -0.39 is 0 Å². The molecule has 2 unspecified atom stereocenters. The second-order valence-corrected chi connectivity index (χ2v) is 20.6. The molecule has 0 aliphatic carbocycles. The quantitative estimate of drug-likeness (QED) is 0.0457. The van der Waals surface area contributed by atoms with Gasteiger partial charge in [0.15, 0.2) is 0 Å². The Bertz CT molecular complexity index is 1870. The number of halogens is 2. The molecule has 5 rings (SSSR count). The van der Waals surface area contributed by atoms with E-state index in [1.807, 2.05) is 0 Å². The molecule has 0 bridgehead atoms. The number of hydrogen-bond acceptors (Lipinski definition) is 3. The zero-order valence-electron chi connectivity index (χ0n) is 40.3. The second kappa shape index (κ2) is 31.1. The zero-order valence-corrected chi connectivity index (χ0v) is 42.8. The maximum atomic E-state index is 6.82. The molecular weight excluding hydrogens is 872 g/mol. The van der Waals surface area contributed by atoms with Gasteiger partial charge < -0.3 is 10.1 Å². The number of benzene rings is 4. The summed E-state index contributed by atoms with van der Waals surface area (Å²) < 4.78 is 6.82. The Kier molecular flexibility index (Phi) is 26.1. The van der Waals surface area contributed by atoms with E-state index in [1.54, 1.807) is 0 Å². The molecule has 1 aliphatic heterocycles. The van der Waals surface area contributed by atoms with Gasteiger partial charge in [-0.15, -0.1) is 0 Å². The summed E-state index contributed by atoms with van der Waals surface area (Å²) in [6.45, 7) is 14.1. The Morgan fingerprint density at radius 1 is 0.594 bits per heavy atom. The Hall–Kier alpha value is -2.93. The molecule has 4 nitrogen and oxygen atoms in total. The third-order valence-corrected chi connectivity index (χ3v) is 12.6. The van der Waals surface area contributed by atoms with Gasteiger partial charge in [0.05, 0.1) is 18.0 Å². The van der Waals surface area contributed by atoms with Gasteiger partial charge in [0, 0.05) is 11.1 Å². The monoisotopic (exact) mass is 952 g/mol. The van der Waals surface area contributed by atoms with Crippen LogP contribution in [0.25, 0.3) is 27.6 Å². The molecule has 0 N–H and O–H groups in total. The van der Waals surface area contributed by atoms with Crippen LogP contribution in [0.15, 0.2) is 107 Å². The number of unbranched alkanes of at least 4 members (excludes halogenated alkanes) is 17. The summed E-state index contributed by atoms with van der Waals surface area (Å²) in [5, 5.41) is 5.37. The SMILES string of the molecule is CCCCCCCCCCCCCCCCCCCCOc1c(-c2ccccc2)cc(N=C(C)C2CCCC(C(C)=Nc3ccccc3C(C)(C)C)[N-]2)cc1-c1ccccc1.[Cl][Co+][Cl]. The number of para-hydroxylation sites is 1. The fourth-order valence-electron chi connectivity index (χ4n) is 8.93. The van der Waals surface area contributed by atoms with Crippen LogP contribution in [0.1, 0.15) is 182 Å². The van der Waals surface area contributed by atoms with Crippen LogP contribution >= 0.6 is 20.3 Å². The average molecular weight is 953 g/mol. The van der Waals surface area contributed by atoms with Gasteiger partial charge in [-0.05, 0) is 72.0 Å². The van der Waals surface area contributed by atoms with E-state index in [4.69, 9.17) is 40.3 Å². The Morgan fingerprint density at radius 3 is 1.45 bits per heavy atom. The van der Waals surface area contributed by atoms with E-state index in [1.165, 1.54) is 115 Å². The van der Waals surface area contributed by atoms with Crippen LogP contribution in [0, 0.1) is 0 Å². The third-order valence-electron chi connectivity index (χ3n) is 12.6. The van der Waals surface area contributed by atoms with Gasteiger partial charge in [-0.25, -0.2) is 0 Å². The minimum absolute atomic E-state index is 0.0266. The maximum absolute atomic E-state index is 6.82. The minimum atomic E-state index is 0.0266. The summed E-state index contributed by atoms with van der Waals surface area (Å²) in [5.41, 5.74) is 9.91. The topological polar surface area (TPSA) is 48.1 Å². The summed E-state index contributed by atoms with van der Waals surface area (Å²) in [6.07, 6.45) is 27.9. The van der Waals surface area contributed by atoms with Gasteiger partial charge in [-0.1, -0.05) is 247 Å². The fraction of sp³-hybridized carbons (Fsp3) is 0.544. The van der Waals surface area contributed by atoms with Crippen LogP contribution in [0.5, 0.6) is 5.75 Å². The van der Waals surface area contributed by atoms with E-state index >= 15 is 0 Å². The molecule has 0 radical (unpaired) electrons. The number of hydrogen-bond donors (Lipinski definition) is 0. The van der Waals surface area contributed by atoms with Crippen molar-refractivity contribution in [2.75, 3.05) is 6.61 Å². The molecule has 1 heterocycles. The average Bonchev–Trinajstić information content (AvgIpc) is 3.30. The molecule has 7 heteroatoms. The predicted octanol–water partition coefficient (Wildman–Crippen LogP) is 19.3. The first-order chi connectivity index (χ1) is 31.2. The van der Waals surface area contributed by atoms with Gasteiger partial charge in [0.1, 0.15) is 5.75 Å². The molecule has 0 spiro atoms. The Balaban J connectivity index is 0.00000291.